The van der Waals surface area contributed by atoms with Gasteiger partial charge in [-0.25, -0.2) is 0 Å². The van der Waals surface area contributed by atoms with Crippen LogP contribution in [0.4, 0.5) is 0 Å². The molecule has 1 aromatic rings. The minimum absolute atomic E-state index is 0.754. The van der Waals surface area contributed by atoms with Gasteiger partial charge < -0.3 is 4.74 Å². The number of benzene rings is 1. The number of ether oxygens (including phenoxy) is 1. The van der Waals surface area contributed by atoms with Gasteiger partial charge in [-0.05, 0) is 48.9 Å². The van der Waals surface area contributed by atoms with Crippen LogP contribution in [0.3, 0.4) is 0 Å². The molecule has 0 heterocycles. The van der Waals surface area contributed by atoms with E-state index < -0.39 is 0 Å². The Morgan fingerprint density at radius 2 is 2.38 bits per heavy atom. The van der Waals surface area contributed by atoms with Crippen molar-refractivity contribution in [3.63, 3.8) is 0 Å². The molecule has 0 atom stereocenters. The minimum Gasteiger partial charge on any atom is -0.493 e. The second-order valence-corrected chi connectivity index (χ2v) is 3.59. The first kappa shape index (κ1) is 8.61. The van der Waals surface area contributed by atoms with E-state index >= 15 is 0 Å². The molecular formula is C12H15O. The summed E-state index contributed by atoms with van der Waals surface area (Å²) in [4.78, 5) is 0. The van der Waals surface area contributed by atoms with Crippen LogP contribution in [0, 0.1) is 6.07 Å². The lowest BCUT2D eigenvalue weighted by Crippen LogP contribution is -1.97. The molecule has 1 aromatic carbocycles. The van der Waals surface area contributed by atoms with Crippen molar-refractivity contribution in [1.29, 1.82) is 0 Å². The average Bonchev–Trinajstić information content (AvgIpc) is 2.98. The fourth-order valence-electron chi connectivity index (χ4n) is 1.49. The molecule has 0 unspecified atom stereocenters. The topological polar surface area (TPSA) is 9.23 Å². The molecular weight excluding hydrogens is 160 g/mol. The van der Waals surface area contributed by atoms with Crippen LogP contribution < -0.4 is 4.74 Å². The van der Waals surface area contributed by atoms with E-state index in [4.69, 9.17) is 4.74 Å². The molecule has 1 aliphatic carbocycles. The lowest BCUT2D eigenvalue weighted by atomic mass is 10.1. The third kappa shape index (κ3) is 2.03. The second-order valence-electron chi connectivity index (χ2n) is 3.59. The standard InChI is InChI=1S/C12H15O/c1-2-9-13-12-6-4-3-5-11(12)10-7-8-10/h4-6,10H,2,7-9H2,1H3. The average molecular weight is 175 g/mol. The van der Waals surface area contributed by atoms with Crippen LogP contribution in [0.25, 0.3) is 0 Å². The van der Waals surface area contributed by atoms with Crippen LogP contribution in [-0.4, -0.2) is 6.61 Å². The molecule has 0 saturated heterocycles. The largest absolute Gasteiger partial charge is 0.493 e. The molecule has 1 saturated carbocycles. The Kier molecular flexibility index (Phi) is 2.53. The Bertz CT molecular complexity index is 276. The molecule has 0 aliphatic heterocycles. The number of rotatable bonds is 4. The van der Waals surface area contributed by atoms with Gasteiger partial charge in [0.15, 0.2) is 0 Å². The fourth-order valence-corrected chi connectivity index (χ4v) is 1.49. The maximum Gasteiger partial charge on any atom is 0.122 e. The first-order chi connectivity index (χ1) is 6.42. The summed E-state index contributed by atoms with van der Waals surface area (Å²) in [6.45, 7) is 2.95. The second kappa shape index (κ2) is 3.82. The predicted molar refractivity (Wildman–Crippen MR) is 53.0 cm³/mol. The molecule has 0 aromatic heterocycles. The van der Waals surface area contributed by atoms with E-state index in [9.17, 15) is 0 Å². The Hall–Kier alpha value is -0.980. The maximum atomic E-state index is 5.67. The van der Waals surface area contributed by atoms with Crippen molar-refractivity contribution < 1.29 is 4.74 Å². The van der Waals surface area contributed by atoms with E-state index in [2.05, 4.69) is 19.1 Å². The zero-order chi connectivity index (χ0) is 9.10. The molecule has 1 nitrogen and oxygen atoms in total. The highest BCUT2D eigenvalue weighted by Crippen LogP contribution is 2.43. The number of hydrogen-bond donors (Lipinski definition) is 0. The highest BCUT2D eigenvalue weighted by Gasteiger charge is 2.26. The molecule has 0 N–H and O–H groups in total. The molecule has 2 rings (SSSR count). The minimum atomic E-state index is 0.754. The molecule has 1 aliphatic rings. The molecule has 69 valence electrons. The monoisotopic (exact) mass is 175 g/mol. The van der Waals surface area contributed by atoms with Crippen LogP contribution in [0.15, 0.2) is 18.2 Å². The summed E-state index contributed by atoms with van der Waals surface area (Å²) in [7, 11) is 0. The molecule has 1 radical (unpaired) electrons. The van der Waals surface area contributed by atoms with E-state index in [1.807, 2.05) is 12.1 Å². The fraction of sp³-hybridized carbons (Fsp3) is 0.500. The third-order valence-corrected chi connectivity index (χ3v) is 2.33. The Labute approximate surface area is 79.7 Å². The first-order valence-corrected chi connectivity index (χ1v) is 5.04. The normalized spacial score (nSPS) is 15.8. The van der Waals surface area contributed by atoms with E-state index in [0.29, 0.717) is 0 Å². The van der Waals surface area contributed by atoms with Gasteiger partial charge in [0.25, 0.3) is 0 Å². The van der Waals surface area contributed by atoms with Crippen LogP contribution in [0.2, 0.25) is 0 Å². The summed E-state index contributed by atoms with van der Waals surface area (Å²) >= 11 is 0. The van der Waals surface area contributed by atoms with Crippen LogP contribution >= 0.6 is 0 Å². The summed E-state index contributed by atoms with van der Waals surface area (Å²) in [6, 6.07) is 9.15. The summed E-state index contributed by atoms with van der Waals surface area (Å²) in [5, 5.41) is 0. The lowest BCUT2D eigenvalue weighted by Gasteiger charge is -2.09. The van der Waals surface area contributed by atoms with Gasteiger partial charge in [-0.2, -0.15) is 0 Å². The van der Waals surface area contributed by atoms with Crippen molar-refractivity contribution in [3.05, 3.63) is 29.8 Å². The maximum absolute atomic E-state index is 5.67. The van der Waals surface area contributed by atoms with Gasteiger partial charge in [-0.3, -0.25) is 0 Å². The zero-order valence-corrected chi connectivity index (χ0v) is 8.05. The lowest BCUT2D eigenvalue weighted by molar-refractivity contribution is 0.314. The summed E-state index contributed by atoms with van der Waals surface area (Å²) in [5.74, 6) is 1.83. The third-order valence-electron chi connectivity index (χ3n) is 2.33. The summed E-state index contributed by atoms with van der Waals surface area (Å²) in [5.41, 5.74) is 1.36. The van der Waals surface area contributed by atoms with Crippen molar-refractivity contribution in [2.75, 3.05) is 6.61 Å². The van der Waals surface area contributed by atoms with Gasteiger partial charge in [0.2, 0.25) is 0 Å². The molecule has 13 heavy (non-hydrogen) atoms. The molecule has 0 bridgehead atoms. The van der Waals surface area contributed by atoms with Crippen molar-refractivity contribution in [3.8, 4) is 5.75 Å². The van der Waals surface area contributed by atoms with Crippen molar-refractivity contribution in [2.24, 2.45) is 0 Å². The first-order valence-electron chi connectivity index (χ1n) is 5.04. The van der Waals surface area contributed by atoms with Gasteiger partial charge in [0.1, 0.15) is 5.75 Å². The van der Waals surface area contributed by atoms with Crippen LogP contribution in [-0.2, 0) is 0 Å². The number of hydrogen-bond acceptors (Lipinski definition) is 1. The van der Waals surface area contributed by atoms with E-state index in [1.165, 1.54) is 18.4 Å². The Balaban J connectivity index is 2.12. The highest BCUT2D eigenvalue weighted by atomic mass is 16.5. The van der Waals surface area contributed by atoms with Gasteiger partial charge in [0.05, 0.1) is 6.61 Å². The van der Waals surface area contributed by atoms with Crippen molar-refractivity contribution in [2.45, 2.75) is 32.1 Å². The highest BCUT2D eigenvalue weighted by molar-refractivity contribution is 5.38. The molecule has 0 spiro atoms. The Morgan fingerprint density at radius 3 is 3.08 bits per heavy atom. The van der Waals surface area contributed by atoms with Crippen LogP contribution in [0.1, 0.15) is 37.7 Å². The summed E-state index contributed by atoms with van der Waals surface area (Å²) in [6.07, 6.45) is 3.71. The SMILES string of the molecule is CCCOc1cc[c]cc1C1CC1. The van der Waals surface area contributed by atoms with Gasteiger partial charge in [-0.1, -0.05) is 13.0 Å². The van der Waals surface area contributed by atoms with Gasteiger partial charge >= 0.3 is 0 Å². The van der Waals surface area contributed by atoms with E-state index in [0.717, 1.165) is 24.7 Å². The molecule has 1 heteroatoms. The Morgan fingerprint density at radius 1 is 1.54 bits per heavy atom. The van der Waals surface area contributed by atoms with Crippen molar-refractivity contribution >= 4 is 0 Å². The van der Waals surface area contributed by atoms with Gasteiger partial charge in [-0.15, -0.1) is 0 Å². The van der Waals surface area contributed by atoms with Gasteiger partial charge in [0, 0.05) is 0 Å². The smallest absolute Gasteiger partial charge is 0.122 e. The van der Waals surface area contributed by atoms with Crippen LogP contribution in [0.5, 0.6) is 5.75 Å². The van der Waals surface area contributed by atoms with E-state index in [1.54, 1.807) is 0 Å². The molecule has 0 amide bonds. The van der Waals surface area contributed by atoms with Crippen molar-refractivity contribution in [1.82, 2.24) is 0 Å². The zero-order valence-electron chi connectivity index (χ0n) is 8.05. The quantitative estimate of drug-likeness (QED) is 0.683. The van der Waals surface area contributed by atoms with E-state index in [-0.39, 0.29) is 0 Å². The molecule has 1 fully saturated rings. The summed E-state index contributed by atoms with van der Waals surface area (Å²) < 4.78 is 5.67. The predicted octanol–water partition coefficient (Wildman–Crippen LogP) is 3.15.